The fourth-order valence-electron chi connectivity index (χ4n) is 1.92. The van der Waals surface area contributed by atoms with Crippen LogP contribution in [0.25, 0.3) is 0 Å². The number of nitrogens with one attached hydrogen (secondary N) is 1. The predicted molar refractivity (Wildman–Crippen MR) is 74.0 cm³/mol. The molecule has 1 aromatic rings. The molecule has 0 amide bonds. The van der Waals surface area contributed by atoms with Crippen molar-refractivity contribution in [3.8, 4) is 0 Å². The molecule has 0 aromatic heterocycles. The maximum Gasteiger partial charge on any atom is 0.330 e. The molecular weight excluding hydrogens is 286 g/mol. The van der Waals surface area contributed by atoms with E-state index in [0.717, 1.165) is 12.0 Å². The minimum Gasteiger partial charge on any atom is -0.373 e. The zero-order valence-corrected chi connectivity index (χ0v) is 12.0. The third kappa shape index (κ3) is 6.91. The average Bonchev–Trinajstić information content (AvgIpc) is 2.45. The number of benzene rings is 1. The van der Waals surface area contributed by atoms with Crippen LogP contribution in [0.15, 0.2) is 30.3 Å². The molecular formula is C15H21F4NO. The van der Waals surface area contributed by atoms with Gasteiger partial charge in [0.1, 0.15) is 6.61 Å². The number of halogens is 4. The fraction of sp³-hybridized carbons (Fsp3) is 0.600. The molecule has 0 aliphatic rings. The van der Waals surface area contributed by atoms with E-state index in [4.69, 9.17) is 4.74 Å². The first-order valence-electron chi connectivity index (χ1n) is 6.96. The Morgan fingerprint density at radius 2 is 1.86 bits per heavy atom. The zero-order valence-electron chi connectivity index (χ0n) is 12.0. The first kappa shape index (κ1) is 17.9. The van der Waals surface area contributed by atoms with Crippen molar-refractivity contribution in [2.24, 2.45) is 0 Å². The second-order valence-corrected chi connectivity index (χ2v) is 4.86. The van der Waals surface area contributed by atoms with Crippen molar-refractivity contribution in [3.05, 3.63) is 35.9 Å². The highest BCUT2D eigenvalue weighted by molar-refractivity contribution is 5.14. The van der Waals surface area contributed by atoms with Gasteiger partial charge in [0.25, 0.3) is 0 Å². The van der Waals surface area contributed by atoms with Crippen LogP contribution < -0.4 is 5.32 Å². The highest BCUT2D eigenvalue weighted by Crippen LogP contribution is 2.22. The molecule has 0 aliphatic heterocycles. The van der Waals surface area contributed by atoms with E-state index in [0.29, 0.717) is 13.0 Å². The zero-order chi connectivity index (χ0) is 15.7. The summed E-state index contributed by atoms with van der Waals surface area (Å²) in [4.78, 5) is 0. The molecule has 1 rings (SSSR count). The molecule has 0 spiro atoms. The van der Waals surface area contributed by atoms with Gasteiger partial charge in [-0.2, -0.15) is 8.78 Å². The van der Waals surface area contributed by atoms with E-state index >= 15 is 0 Å². The predicted octanol–water partition coefficient (Wildman–Crippen LogP) is 3.51. The van der Waals surface area contributed by atoms with Crippen LogP contribution in [0.4, 0.5) is 17.6 Å². The summed E-state index contributed by atoms with van der Waals surface area (Å²) in [6.45, 7) is 1.29. The lowest BCUT2D eigenvalue weighted by Crippen LogP contribution is -2.38. The van der Waals surface area contributed by atoms with Gasteiger partial charge in [-0.15, -0.1) is 0 Å². The molecule has 1 aromatic carbocycles. The Morgan fingerprint density at radius 3 is 2.43 bits per heavy atom. The Morgan fingerprint density at radius 1 is 1.19 bits per heavy atom. The molecule has 0 aliphatic carbocycles. The average molecular weight is 307 g/mol. The number of alkyl halides is 4. The first-order valence-corrected chi connectivity index (χ1v) is 6.96. The summed E-state index contributed by atoms with van der Waals surface area (Å²) in [7, 11) is 0. The van der Waals surface area contributed by atoms with Gasteiger partial charge < -0.3 is 10.1 Å². The van der Waals surface area contributed by atoms with Gasteiger partial charge in [-0.25, -0.2) is 8.78 Å². The van der Waals surface area contributed by atoms with Gasteiger partial charge in [0.05, 0.1) is 6.61 Å². The van der Waals surface area contributed by atoms with E-state index in [1.807, 2.05) is 37.3 Å². The highest BCUT2D eigenvalue weighted by Gasteiger charge is 2.41. The van der Waals surface area contributed by atoms with Gasteiger partial charge >= 0.3 is 12.3 Å². The lowest BCUT2D eigenvalue weighted by molar-refractivity contribution is -0.167. The molecule has 0 saturated heterocycles. The lowest BCUT2D eigenvalue weighted by atomic mass is 10.1. The molecule has 21 heavy (non-hydrogen) atoms. The van der Waals surface area contributed by atoms with Gasteiger partial charge in [-0.1, -0.05) is 37.3 Å². The maximum atomic E-state index is 12.7. The SMILES string of the molecule is CCNC(CCc1ccccc1)COCC(F)(F)C(F)F. The van der Waals surface area contributed by atoms with Crippen LogP contribution in [0.1, 0.15) is 18.9 Å². The molecule has 2 nitrogen and oxygen atoms in total. The van der Waals surface area contributed by atoms with Crippen LogP contribution in [-0.2, 0) is 11.2 Å². The summed E-state index contributed by atoms with van der Waals surface area (Å²) in [6, 6.07) is 9.60. The number of hydrogen-bond donors (Lipinski definition) is 1. The van der Waals surface area contributed by atoms with E-state index < -0.39 is 19.0 Å². The second kappa shape index (κ2) is 9.00. The second-order valence-electron chi connectivity index (χ2n) is 4.86. The lowest BCUT2D eigenvalue weighted by Gasteiger charge is -2.20. The van der Waals surface area contributed by atoms with Crippen molar-refractivity contribution in [1.29, 1.82) is 0 Å². The number of rotatable bonds is 10. The van der Waals surface area contributed by atoms with E-state index in [1.54, 1.807) is 0 Å². The molecule has 0 heterocycles. The van der Waals surface area contributed by atoms with Gasteiger partial charge in [0.15, 0.2) is 0 Å². The Hall–Kier alpha value is -1.14. The van der Waals surface area contributed by atoms with E-state index in [9.17, 15) is 17.6 Å². The van der Waals surface area contributed by atoms with Gasteiger partial charge in [-0.3, -0.25) is 0 Å². The molecule has 1 atom stereocenters. The quantitative estimate of drug-likeness (QED) is 0.668. The molecule has 120 valence electrons. The summed E-state index contributed by atoms with van der Waals surface area (Å²) in [6.07, 6.45) is -2.23. The van der Waals surface area contributed by atoms with Crippen molar-refractivity contribution in [2.45, 2.75) is 38.2 Å². The smallest absolute Gasteiger partial charge is 0.330 e. The molecule has 1 N–H and O–H groups in total. The van der Waals surface area contributed by atoms with Crippen LogP contribution in [0.3, 0.4) is 0 Å². The summed E-state index contributed by atoms with van der Waals surface area (Å²) in [5, 5.41) is 3.11. The number of aryl methyl sites for hydroxylation is 1. The number of ether oxygens (including phenoxy) is 1. The Balaban J connectivity index is 2.36. The minimum atomic E-state index is -4.09. The van der Waals surface area contributed by atoms with Crippen LogP contribution in [0, 0.1) is 0 Å². The van der Waals surface area contributed by atoms with E-state index in [-0.39, 0.29) is 12.6 Å². The summed E-state index contributed by atoms with van der Waals surface area (Å²) >= 11 is 0. The molecule has 0 bridgehead atoms. The van der Waals surface area contributed by atoms with E-state index in [2.05, 4.69) is 5.32 Å². The summed E-state index contributed by atoms with van der Waals surface area (Å²) in [5.74, 6) is -4.09. The topological polar surface area (TPSA) is 21.3 Å². The van der Waals surface area contributed by atoms with Crippen molar-refractivity contribution in [1.82, 2.24) is 5.32 Å². The van der Waals surface area contributed by atoms with Crippen molar-refractivity contribution in [3.63, 3.8) is 0 Å². The normalized spacial score (nSPS) is 13.6. The van der Waals surface area contributed by atoms with Crippen molar-refractivity contribution < 1.29 is 22.3 Å². The molecule has 6 heteroatoms. The Labute approximate surface area is 122 Å². The van der Waals surface area contributed by atoms with Crippen LogP contribution >= 0.6 is 0 Å². The third-order valence-electron chi connectivity index (χ3n) is 3.05. The molecule has 0 radical (unpaired) electrons. The van der Waals surface area contributed by atoms with Gasteiger partial charge in [0.2, 0.25) is 0 Å². The summed E-state index contributed by atoms with van der Waals surface area (Å²) in [5.41, 5.74) is 1.14. The van der Waals surface area contributed by atoms with Crippen LogP contribution in [-0.4, -0.2) is 38.1 Å². The molecule has 1 unspecified atom stereocenters. The number of hydrogen-bond acceptors (Lipinski definition) is 2. The number of likely N-dealkylation sites (N-methyl/N-ethyl adjacent to an activating group) is 1. The van der Waals surface area contributed by atoms with Crippen LogP contribution in [0.5, 0.6) is 0 Å². The third-order valence-corrected chi connectivity index (χ3v) is 3.05. The minimum absolute atomic E-state index is 0.0109. The van der Waals surface area contributed by atoms with Crippen LogP contribution in [0.2, 0.25) is 0 Å². The fourth-order valence-corrected chi connectivity index (χ4v) is 1.92. The maximum absolute atomic E-state index is 12.7. The standard InChI is InChI=1S/C15H21F4NO/c1-2-20-13(9-8-12-6-4-3-5-7-12)10-21-11-15(18,19)14(16)17/h3-7,13-14,20H,2,8-11H2,1H3. The molecule has 0 fully saturated rings. The van der Waals surface area contributed by atoms with E-state index in [1.165, 1.54) is 0 Å². The molecule has 0 saturated carbocycles. The Bertz CT molecular complexity index is 387. The largest absolute Gasteiger partial charge is 0.373 e. The first-order chi connectivity index (χ1) is 9.95. The Kier molecular flexibility index (Phi) is 7.67. The summed E-state index contributed by atoms with van der Waals surface area (Å²) < 4.78 is 54.3. The van der Waals surface area contributed by atoms with Crippen molar-refractivity contribution in [2.75, 3.05) is 19.8 Å². The van der Waals surface area contributed by atoms with Gasteiger partial charge in [-0.05, 0) is 24.9 Å². The van der Waals surface area contributed by atoms with Gasteiger partial charge in [0, 0.05) is 6.04 Å². The highest BCUT2D eigenvalue weighted by atomic mass is 19.3. The van der Waals surface area contributed by atoms with Crippen molar-refractivity contribution >= 4 is 0 Å². The monoisotopic (exact) mass is 307 g/mol.